The molecule has 2 aliphatic heterocycles. The van der Waals surface area contributed by atoms with E-state index in [1.165, 1.54) is 0 Å². The fourth-order valence-electron chi connectivity index (χ4n) is 2.51. The third kappa shape index (κ3) is 3.32. The number of hydrogen-bond acceptors (Lipinski definition) is 6. The Balaban J connectivity index is 1.42. The van der Waals surface area contributed by atoms with E-state index in [1.807, 2.05) is 6.92 Å². The molecule has 0 bridgehead atoms. The van der Waals surface area contributed by atoms with E-state index in [2.05, 4.69) is 15.7 Å². The van der Waals surface area contributed by atoms with Crippen molar-refractivity contribution < 1.29 is 14.2 Å². The van der Waals surface area contributed by atoms with Crippen LogP contribution < -0.4 is 5.32 Å². The van der Waals surface area contributed by atoms with Gasteiger partial charge in [0.2, 0.25) is 0 Å². The van der Waals surface area contributed by atoms with Crippen molar-refractivity contribution >= 4 is 11.3 Å². The molecule has 0 saturated carbocycles. The van der Waals surface area contributed by atoms with Crippen LogP contribution in [0.15, 0.2) is 5.38 Å². The zero-order chi connectivity index (χ0) is 13.1. The molecule has 2 saturated heterocycles. The van der Waals surface area contributed by atoms with E-state index in [0.29, 0.717) is 6.61 Å². The van der Waals surface area contributed by atoms with Gasteiger partial charge in [-0.15, -0.1) is 11.3 Å². The lowest BCUT2D eigenvalue weighted by Gasteiger charge is -2.31. The van der Waals surface area contributed by atoms with Gasteiger partial charge in [0.25, 0.3) is 0 Å². The molecule has 0 aromatic carbocycles. The van der Waals surface area contributed by atoms with E-state index in [0.717, 1.165) is 49.8 Å². The van der Waals surface area contributed by atoms with Crippen LogP contribution in [0.5, 0.6) is 0 Å². The van der Waals surface area contributed by atoms with Crippen molar-refractivity contribution in [2.24, 2.45) is 0 Å². The van der Waals surface area contributed by atoms with Crippen molar-refractivity contribution in [3.05, 3.63) is 16.1 Å². The maximum Gasteiger partial charge on any atom is 0.173 e. The average molecular weight is 284 g/mol. The van der Waals surface area contributed by atoms with Gasteiger partial charge in [0.05, 0.1) is 36.6 Å². The molecule has 1 N–H and O–H groups in total. The van der Waals surface area contributed by atoms with Crippen LogP contribution >= 0.6 is 11.3 Å². The van der Waals surface area contributed by atoms with Crippen LogP contribution in [0, 0.1) is 6.92 Å². The van der Waals surface area contributed by atoms with E-state index in [4.69, 9.17) is 14.2 Å². The molecule has 1 aromatic rings. The Labute approximate surface area is 117 Å². The third-order valence-electron chi connectivity index (χ3n) is 3.51. The zero-order valence-electron chi connectivity index (χ0n) is 11.2. The molecule has 1 aromatic heterocycles. The highest BCUT2D eigenvalue weighted by molar-refractivity contribution is 7.09. The minimum atomic E-state index is -0.373. The molecule has 3 rings (SSSR count). The number of nitrogens with zero attached hydrogens (tertiary/aromatic N) is 1. The second-order valence-corrected chi connectivity index (χ2v) is 6.12. The summed E-state index contributed by atoms with van der Waals surface area (Å²) in [6.07, 6.45) is 1.82. The van der Waals surface area contributed by atoms with Gasteiger partial charge in [0, 0.05) is 31.3 Å². The highest BCUT2D eigenvalue weighted by Crippen LogP contribution is 2.32. The number of thiazole rings is 1. The molecule has 0 aliphatic carbocycles. The number of hydrogen-bond donors (Lipinski definition) is 1. The highest BCUT2D eigenvalue weighted by Gasteiger charge is 2.42. The second-order valence-electron chi connectivity index (χ2n) is 5.06. The van der Waals surface area contributed by atoms with Crippen molar-refractivity contribution in [1.29, 1.82) is 0 Å². The van der Waals surface area contributed by atoms with Gasteiger partial charge in [-0.1, -0.05) is 0 Å². The molecule has 1 spiro atoms. The number of aromatic nitrogens is 1. The summed E-state index contributed by atoms with van der Waals surface area (Å²) in [6, 6.07) is 0. The summed E-state index contributed by atoms with van der Waals surface area (Å²) in [4.78, 5) is 4.43. The Kier molecular flexibility index (Phi) is 4.14. The lowest BCUT2D eigenvalue weighted by Crippen LogP contribution is -2.39. The minimum Gasteiger partial charge on any atom is -0.381 e. The maximum atomic E-state index is 6.05. The summed E-state index contributed by atoms with van der Waals surface area (Å²) in [6.45, 7) is 5.76. The van der Waals surface area contributed by atoms with Crippen LogP contribution in [0.3, 0.4) is 0 Å². The predicted octanol–water partition coefficient (Wildman–Crippen LogP) is 1.46. The fraction of sp³-hybridized carbons (Fsp3) is 0.769. The summed E-state index contributed by atoms with van der Waals surface area (Å²) >= 11 is 1.68. The zero-order valence-corrected chi connectivity index (χ0v) is 12.0. The van der Waals surface area contributed by atoms with Gasteiger partial charge in [-0.05, 0) is 6.92 Å². The van der Waals surface area contributed by atoms with Gasteiger partial charge < -0.3 is 19.5 Å². The predicted molar refractivity (Wildman–Crippen MR) is 72.2 cm³/mol. The van der Waals surface area contributed by atoms with Gasteiger partial charge >= 0.3 is 0 Å². The number of rotatable bonds is 4. The molecule has 5 nitrogen and oxygen atoms in total. The monoisotopic (exact) mass is 284 g/mol. The topological polar surface area (TPSA) is 52.6 Å². The molecule has 2 aliphatic rings. The molecular weight excluding hydrogens is 264 g/mol. The first-order chi connectivity index (χ1) is 9.26. The van der Waals surface area contributed by atoms with E-state index in [-0.39, 0.29) is 11.9 Å². The molecule has 6 heteroatoms. The number of nitrogens with one attached hydrogen (secondary N) is 1. The van der Waals surface area contributed by atoms with Gasteiger partial charge in [0.15, 0.2) is 5.79 Å². The Morgan fingerprint density at radius 1 is 1.47 bits per heavy atom. The largest absolute Gasteiger partial charge is 0.381 e. The molecule has 106 valence electrons. The first-order valence-electron chi connectivity index (χ1n) is 6.77. The van der Waals surface area contributed by atoms with Crippen molar-refractivity contribution in [2.45, 2.75) is 38.2 Å². The van der Waals surface area contributed by atoms with Crippen LogP contribution in [0.2, 0.25) is 0 Å². The molecule has 1 atom stereocenters. The van der Waals surface area contributed by atoms with Crippen molar-refractivity contribution in [3.63, 3.8) is 0 Å². The fourth-order valence-corrected chi connectivity index (χ4v) is 3.13. The van der Waals surface area contributed by atoms with E-state index < -0.39 is 0 Å². The van der Waals surface area contributed by atoms with Gasteiger partial charge in [0.1, 0.15) is 0 Å². The third-order valence-corrected chi connectivity index (χ3v) is 4.34. The molecular formula is C13H20N2O3S. The van der Waals surface area contributed by atoms with Crippen LogP contribution in [0.25, 0.3) is 0 Å². The van der Waals surface area contributed by atoms with Gasteiger partial charge in [-0.25, -0.2) is 4.98 Å². The molecule has 3 heterocycles. The molecule has 0 unspecified atom stereocenters. The Morgan fingerprint density at radius 2 is 2.32 bits per heavy atom. The second kappa shape index (κ2) is 5.85. The highest BCUT2D eigenvalue weighted by atomic mass is 32.1. The average Bonchev–Trinajstić information content (AvgIpc) is 2.99. The van der Waals surface area contributed by atoms with Gasteiger partial charge in [-0.3, -0.25) is 0 Å². The standard InChI is InChI=1S/C13H20N2O3S/c1-10-15-11(9-19-10)6-14-7-12-8-17-13(18-12)2-4-16-5-3-13/h9,12,14H,2-8H2,1H3/t12-/m0/s1. The lowest BCUT2D eigenvalue weighted by atomic mass is 10.1. The Morgan fingerprint density at radius 3 is 3.05 bits per heavy atom. The summed E-state index contributed by atoms with van der Waals surface area (Å²) in [5.41, 5.74) is 1.10. The normalized spacial score (nSPS) is 26.1. The first-order valence-corrected chi connectivity index (χ1v) is 7.65. The summed E-state index contributed by atoms with van der Waals surface area (Å²) in [5.74, 6) is -0.373. The molecule has 0 amide bonds. The van der Waals surface area contributed by atoms with Gasteiger partial charge in [-0.2, -0.15) is 0 Å². The Bertz CT molecular complexity index is 418. The molecule has 19 heavy (non-hydrogen) atoms. The quantitative estimate of drug-likeness (QED) is 0.907. The van der Waals surface area contributed by atoms with E-state index in [1.54, 1.807) is 11.3 Å². The van der Waals surface area contributed by atoms with Crippen molar-refractivity contribution in [2.75, 3.05) is 26.4 Å². The molecule has 2 fully saturated rings. The van der Waals surface area contributed by atoms with Crippen molar-refractivity contribution in [3.8, 4) is 0 Å². The van der Waals surface area contributed by atoms with Crippen LogP contribution in [-0.4, -0.2) is 43.2 Å². The number of aryl methyl sites for hydroxylation is 1. The first kappa shape index (κ1) is 13.5. The molecule has 0 radical (unpaired) electrons. The van der Waals surface area contributed by atoms with E-state index >= 15 is 0 Å². The van der Waals surface area contributed by atoms with E-state index in [9.17, 15) is 0 Å². The lowest BCUT2D eigenvalue weighted by molar-refractivity contribution is -0.210. The van der Waals surface area contributed by atoms with Crippen LogP contribution in [-0.2, 0) is 20.8 Å². The summed E-state index contributed by atoms with van der Waals surface area (Å²) in [5, 5.41) is 6.59. The smallest absolute Gasteiger partial charge is 0.173 e. The SMILES string of the molecule is Cc1nc(CNC[C@H]2COC3(CCOCC3)O2)cs1. The Hall–Kier alpha value is -0.530. The summed E-state index contributed by atoms with van der Waals surface area (Å²) < 4.78 is 17.2. The summed E-state index contributed by atoms with van der Waals surface area (Å²) in [7, 11) is 0. The maximum absolute atomic E-state index is 6.05. The van der Waals surface area contributed by atoms with Crippen LogP contribution in [0.1, 0.15) is 23.5 Å². The van der Waals surface area contributed by atoms with Crippen molar-refractivity contribution in [1.82, 2.24) is 10.3 Å². The van der Waals surface area contributed by atoms with Crippen LogP contribution in [0.4, 0.5) is 0 Å². The minimum absolute atomic E-state index is 0.137. The number of ether oxygens (including phenoxy) is 3.